The van der Waals surface area contributed by atoms with E-state index in [0.717, 1.165) is 35.3 Å². The number of hydrazone groups is 1. The lowest BCUT2D eigenvalue weighted by Gasteiger charge is -2.32. The van der Waals surface area contributed by atoms with E-state index in [1.54, 1.807) is 12.1 Å². The molecule has 1 aliphatic carbocycles. The number of carbonyl (C=O) groups is 1. The van der Waals surface area contributed by atoms with Crippen LogP contribution in [-0.4, -0.2) is 21.6 Å². The fraction of sp³-hybridized carbons (Fsp3) is 0.214. The van der Waals surface area contributed by atoms with E-state index in [2.05, 4.69) is 13.0 Å². The number of hydrogen-bond acceptors (Lipinski definition) is 4. The second kappa shape index (κ2) is 10.3. The Hall–Kier alpha value is -3.19. The van der Waals surface area contributed by atoms with Gasteiger partial charge in [0.25, 0.3) is 11.6 Å². The largest absolute Gasteiger partial charge is 0.276 e. The Morgan fingerprint density at radius 3 is 2.32 bits per heavy atom. The van der Waals surface area contributed by atoms with Gasteiger partial charge in [-0.25, -0.2) is 5.01 Å². The van der Waals surface area contributed by atoms with Gasteiger partial charge in [-0.15, -0.1) is 0 Å². The molecule has 5 rings (SSSR count). The summed E-state index contributed by atoms with van der Waals surface area (Å²) in [5.74, 6) is -0.201. The van der Waals surface area contributed by atoms with Gasteiger partial charge in [0.2, 0.25) is 0 Å². The Morgan fingerprint density at radius 1 is 1.03 bits per heavy atom. The van der Waals surface area contributed by atoms with Crippen molar-refractivity contribution in [1.29, 1.82) is 0 Å². The Morgan fingerprint density at radius 2 is 1.68 bits per heavy atom. The molecule has 0 aromatic heterocycles. The predicted octanol–water partition coefficient (Wildman–Crippen LogP) is 8.24. The maximum absolute atomic E-state index is 13.9. The van der Waals surface area contributed by atoms with Crippen LogP contribution in [0.15, 0.2) is 77.4 Å². The maximum atomic E-state index is 13.9. The van der Waals surface area contributed by atoms with Gasteiger partial charge in [-0.3, -0.25) is 14.9 Å². The Balaban J connectivity index is 1.62. The molecule has 0 saturated heterocycles. The molecule has 1 aliphatic heterocycles. The number of nitro benzene ring substituents is 1. The smallest absolute Gasteiger partial charge is 0.267 e. The van der Waals surface area contributed by atoms with Crippen molar-refractivity contribution in [3.63, 3.8) is 0 Å². The lowest BCUT2D eigenvalue weighted by Crippen LogP contribution is -2.33. The van der Waals surface area contributed by atoms with E-state index in [1.165, 1.54) is 23.2 Å². The first-order chi connectivity index (χ1) is 17.7. The summed E-state index contributed by atoms with van der Waals surface area (Å²) in [6.07, 6.45) is 3.73. The van der Waals surface area contributed by atoms with Crippen LogP contribution in [0, 0.1) is 22.0 Å². The van der Waals surface area contributed by atoms with Crippen LogP contribution in [-0.2, 0) is 0 Å². The number of nitrogens with zero attached hydrogens (tertiary/aromatic N) is 3. The third-order valence-electron chi connectivity index (χ3n) is 6.79. The van der Waals surface area contributed by atoms with E-state index in [9.17, 15) is 14.9 Å². The highest BCUT2D eigenvalue weighted by atomic mass is 35.5. The molecule has 3 atom stereocenters. The van der Waals surface area contributed by atoms with E-state index in [1.807, 2.05) is 36.4 Å². The second-order valence-electron chi connectivity index (χ2n) is 9.43. The molecule has 1 fully saturated rings. The van der Waals surface area contributed by atoms with Crippen LogP contribution < -0.4 is 0 Å². The summed E-state index contributed by atoms with van der Waals surface area (Å²) in [7, 11) is 0. The summed E-state index contributed by atoms with van der Waals surface area (Å²) in [6, 6.07) is 18.4. The van der Waals surface area contributed by atoms with E-state index in [4.69, 9.17) is 39.9 Å². The van der Waals surface area contributed by atoms with Crippen molar-refractivity contribution < 1.29 is 9.72 Å². The van der Waals surface area contributed by atoms with Gasteiger partial charge in [0.1, 0.15) is 0 Å². The van der Waals surface area contributed by atoms with Crippen molar-refractivity contribution in [2.24, 2.45) is 16.9 Å². The summed E-state index contributed by atoms with van der Waals surface area (Å²) in [6.45, 7) is 2.19. The first-order valence-electron chi connectivity index (χ1n) is 11.8. The molecule has 0 unspecified atom stereocenters. The molecule has 1 saturated carbocycles. The topological polar surface area (TPSA) is 75.8 Å². The molecule has 2 aliphatic rings. The first-order valence-corrected chi connectivity index (χ1v) is 12.9. The molecule has 0 N–H and O–H groups in total. The average molecular weight is 555 g/mol. The van der Waals surface area contributed by atoms with E-state index in [0.29, 0.717) is 16.0 Å². The number of fused-ring (bicyclic) bond motifs is 1. The summed E-state index contributed by atoms with van der Waals surface area (Å²) in [5.41, 5.74) is 3.58. The van der Waals surface area contributed by atoms with Gasteiger partial charge in [-0.05, 0) is 71.9 Å². The molecule has 188 valence electrons. The first kappa shape index (κ1) is 25.5. The molecular formula is C28H22Cl3N3O3. The monoisotopic (exact) mass is 553 g/mol. The highest BCUT2D eigenvalue weighted by Crippen LogP contribution is 2.47. The predicted molar refractivity (Wildman–Crippen MR) is 147 cm³/mol. The maximum Gasteiger partial charge on any atom is 0.276 e. The number of amides is 1. The van der Waals surface area contributed by atoms with Gasteiger partial charge in [0, 0.05) is 28.1 Å². The number of benzene rings is 3. The molecular weight excluding hydrogens is 533 g/mol. The van der Waals surface area contributed by atoms with Gasteiger partial charge in [-0.2, -0.15) is 5.10 Å². The molecule has 0 spiro atoms. The van der Waals surface area contributed by atoms with Crippen LogP contribution in [0.3, 0.4) is 0 Å². The van der Waals surface area contributed by atoms with E-state index in [-0.39, 0.29) is 22.2 Å². The average Bonchev–Trinajstić information content (AvgIpc) is 3.25. The molecule has 6 nitrogen and oxygen atoms in total. The van der Waals surface area contributed by atoms with E-state index >= 15 is 0 Å². The minimum atomic E-state index is -0.548. The zero-order chi connectivity index (χ0) is 26.3. The van der Waals surface area contributed by atoms with Gasteiger partial charge >= 0.3 is 0 Å². The highest BCUT2D eigenvalue weighted by Gasteiger charge is 2.45. The third kappa shape index (κ3) is 5.14. The van der Waals surface area contributed by atoms with Crippen LogP contribution >= 0.6 is 34.8 Å². The lowest BCUT2D eigenvalue weighted by molar-refractivity contribution is -0.384. The normalized spacial score (nSPS) is 22.1. The zero-order valence-electron chi connectivity index (χ0n) is 19.8. The van der Waals surface area contributed by atoms with Crippen molar-refractivity contribution in [2.45, 2.75) is 25.8 Å². The minimum absolute atomic E-state index is 0.0362. The summed E-state index contributed by atoms with van der Waals surface area (Å²) in [4.78, 5) is 24.7. The summed E-state index contributed by atoms with van der Waals surface area (Å²) in [5, 5.41) is 19.0. The molecule has 9 heteroatoms. The molecule has 0 radical (unpaired) electrons. The number of non-ortho nitro benzene ring substituents is 1. The summed E-state index contributed by atoms with van der Waals surface area (Å²) >= 11 is 18.6. The lowest BCUT2D eigenvalue weighted by atomic mass is 9.73. The zero-order valence-corrected chi connectivity index (χ0v) is 22.0. The van der Waals surface area contributed by atoms with Gasteiger partial charge in [-0.1, -0.05) is 66.0 Å². The van der Waals surface area contributed by atoms with Crippen LogP contribution in [0.4, 0.5) is 5.69 Å². The van der Waals surface area contributed by atoms with Crippen LogP contribution in [0.2, 0.25) is 15.1 Å². The standard InChI is InChI=1S/C28H22Cl3N3O3/c1-16-12-19(14-17-2-6-20(29)7-3-17)26-24(13-16)27(18-4-8-21(30)9-5-18)33(32-26)28(35)23-15-22(34(36)37)10-11-25(23)31/h2-11,14-16,24,27H,12-13H2,1H3/b19-14+/t16-,24-,27-/m1/s1. The van der Waals surface area contributed by atoms with Crippen LogP contribution in [0.1, 0.15) is 47.3 Å². The Labute approximate surface area is 229 Å². The number of rotatable bonds is 4. The van der Waals surface area contributed by atoms with Crippen molar-refractivity contribution in [3.8, 4) is 0 Å². The summed E-state index contributed by atoms with van der Waals surface area (Å²) < 4.78 is 0. The van der Waals surface area contributed by atoms with E-state index < -0.39 is 16.9 Å². The molecule has 3 aromatic carbocycles. The molecule has 0 bridgehead atoms. The fourth-order valence-corrected chi connectivity index (χ4v) is 5.57. The molecule has 1 heterocycles. The molecule has 3 aromatic rings. The number of halogens is 3. The van der Waals surface area contributed by atoms with Crippen molar-refractivity contribution in [1.82, 2.24) is 5.01 Å². The quantitative estimate of drug-likeness (QED) is 0.241. The Kier molecular flexibility index (Phi) is 7.08. The van der Waals surface area contributed by atoms with Crippen molar-refractivity contribution in [2.75, 3.05) is 0 Å². The third-order valence-corrected chi connectivity index (χ3v) is 7.62. The van der Waals surface area contributed by atoms with Crippen molar-refractivity contribution in [3.05, 3.63) is 114 Å². The molecule has 37 heavy (non-hydrogen) atoms. The van der Waals surface area contributed by atoms with Gasteiger partial charge in [0.15, 0.2) is 0 Å². The number of allylic oxidation sites excluding steroid dienone is 1. The Bertz CT molecular complexity index is 1440. The van der Waals surface area contributed by atoms with Crippen molar-refractivity contribution >= 4 is 58.2 Å². The second-order valence-corrected chi connectivity index (χ2v) is 10.7. The van der Waals surface area contributed by atoms with Gasteiger partial charge in [0.05, 0.1) is 27.3 Å². The number of nitro groups is 1. The SMILES string of the molecule is C[C@@H]1C/C(=C\c2ccc(Cl)cc2)C2=NN(C(=O)c3cc([N+](=O)[O-])ccc3Cl)[C@H](c3ccc(Cl)cc3)[C@@H]2C1. The highest BCUT2D eigenvalue weighted by molar-refractivity contribution is 6.34. The fourth-order valence-electron chi connectivity index (χ4n) is 5.12. The van der Waals surface area contributed by atoms with Crippen LogP contribution in [0.25, 0.3) is 6.08 Å². The van der Waals surface area contributed by atoms with Gasteiger partial charge < -0.3 is 0 Å². The van der Waals surface area contributed by atoms with Crippen LogP contribution in [0.5, 0.6) is 0 Å². The molecule has 1 amide bonds. The minimum Gasteiger partial charge on any atom is -0.267 e. The number of carbonyl (C=O) groups excluding carboxylic acids is 1. The number of hydrogen-bond donors (Lipinski definition) is 0.